The number of ether oxygens (including phenoxy) is 1. The van der Waals surface area contributed by atoms with Crippen molar-refractivity contribution >= 4 is 0 Å². The van der Waals surface area contributed by atoms with Crippen molar-refractivity contribution in [2.24, 2.45) is 0 Å². The zero-order valence-corrected chi connectivity index (χ0v) is 8.53. The summed E-state index contributed by atoms with van der Waals surface area (Å²) in [6, 6.07) is 0.178. The van der Waals surface area contributed by atoms with E-state index < -0.39 is 0 Å². The molecule has 1 atom stereocenters. The fourth-order valence-electron chi connectivity index (χ4n) is 1.83. The third-order valence-electron chi connectivity index (χ3n) is 2.53. The van der Waals surface area contributed by atoms with Crippen LogP contribution in [0, 0.1) is 0 Å². The minimum Gasteiger partial charge on any atom is -0.372 e. The van der Waals surface area contributed by atoms with Gasteiger partial charge in [-0.25, -0.2) is 9.97 Å². The van der Waals surface area contributed by atoms with Gasteiger partial charge in [-0.05, 0) is 13.8 Å². The van der Waals surface area contributed by atoms with Gasteiger partial charge in [-0.15, -0.1) is 0 Å². The molecule has 14 heavy (non-hydrogen) atoms. The molecule has 76 valence electrons. The molecule has 1 aliphatic heterocycles. The van der Waals surface area contributed by atoms with Gasteiger partial charge in [0.1, 0.15) is 6.33 Å². The maximum atomic E-state index is 5.71. The lowest BCUT2D eigenvalue weighted by Gasteiger charge is -2.39. The Morgan fingerprint density at radius 2 is 2.14 bits per heavy atom. The van der Waals surface area contributed by atoms with Gasteiger partial charge in [0.25, 0.3) is 0 Å². The molecule has 0 radical (unpaired) electrons. The lowest BCUT2D eigenvalue weighted by atomic mass is 9.92. The molecule has 1 aliphatic rings. The summed E-state index contributed by atoms with van der Waals surface area (Å²) in [5, 5.41) is 3.42. The average molecular weight is 193 g/mol. The molecule has 1 saturated heterocycles. The predicted octanol–water partition coefficient (Wildman–Crippen LogP) is 0.916. The topological polar surface area (TPSA) is 47.0 Å². The number of morpholine rings is 1. The van der Waals surface area contributed by atoms with Crippen molar-refractivity contribution in [3.8, 4) is 0 Å². The van der Waals surface area contributed by atoms with Gasteiger partial charge < -0.3 is 10.1 Å². The highest BCUT2D eigenvalue weighted by Crippen LogP contribution is 2.29. The Labute approximate surface area is 83.7 Å². The summed E-state index contributed by atoms with van der Waals surface area (Å²) in [5.41, 5.74) is 0.889. The molecule has 4 nitrogen and oxygen atoms in total. The summed E-state index contributed by atoms with van der Waals surface area (Å²) < 4.78 is 5.71. The number of hydrogen-bond acceptors (Lipinski definition) is 4. The van der Waals surface area contributed by atoms with Crippen molar-refractivity contribution < 1.29 is 4.74 Å². The molecule has 0 aliphatic carbocycles. The molecule has 1 aromatic heterocycles. The van der Waals surface area contributed by atoms with E-state index in [1.165, 1.54) is 0 Å². The molecular formula is C10H15N3O. The second kappa shape index (κ2) is 3.63. The summed E-state index contributed by atoms with van der Waals surface area (Å²) in [5.74, 6) is 0. The van der Waals surface area contributed by atoms with E-state index >= 15 is 0 Å². The highest BCUT2D eigenvalue weighted by molar-refractivity contribution is 5.14. The number of hydrogen-bond donors (Lipinski definition) is 1. The number of nitrogens with one attached hydrogen (secondary N) is 1. The Balaban J connectivity index is 2.24. The third-order valence-corrected chi connectivity index (χ3v) is 2.53. The molecule has 1 fully saturated rings. The Morgan fingerprint density at radius 1 is 1.43 bits per heavy atom. The normalized spacial score (nSPS) is 26.0. The van der Waals surface area contributed by atoms with Gasteiger partial charge in [-0.3, -0.25) is 0 Å². The largest absolute Gasteiger partial charge is 0.372 e. The van der Waals surface area contributed by atoms with Gasteiger partial charge in [-0.1, -0.05) is 0 Å². The number of aromatic nitrogens is 2. The van der Waals surface area contributed by atoms with Crippen LogP contribution in [-0.2, 0) is 4.74 Å². The van der Waals surface area contributed by atoms with Crippen molar-refractivity contribution in [2.75, 3.05) is 13.2 Å². The Morgan fingerprint density at radius 3 is 2.79 bits per heavy atom. The van der Waals surface area contributed by atoms with Crippen molar-refractivity contribution in [1.29, 1.82) is 0 Å². The van der Waals surface area contributed by atoms with E-state index in [9.17, 15) is 0 Å². The molecule has 0 spiro atoms. The molecule has 1 aromatic rings. The zero-order chi connectivity index (χ0) is 10.0. The Kier molecular flexibility index (Phi) is 2.48. The molecule has 0 bridgehead atoms. The van der Waals surface area contributed by atoms with Crippen LogP contribution < -0.4 is 5.32 Å². The van der Waals surface area contributed by atoms with Crippen LogP contribution in [0.2, 0.25) is 0 Å². The standard InChI is InChI=1S/C10H15N3O/c1-10(2)9(13-3-4-14-10)8-5-11-7-12-6-8/h5-7,9,13H,3-4H2,1-2H3. The van der Waals surface area contributed by atoms with E-state index in [1.54, 1.807) is 6.33 Å². The first-order valence-corrected chi connectivity index (χ1v) is 4.82. The van der Waals surface area contributed by atoms with Crippen molar-refractivity contribution in [3.63, 3.8) is 0 Å². The minimum atomic E-state index is -0.192. The Bertz CT molecular complexity index is 299. The molecule has 2 heterocycles. The lowest BCUT2D eigenvalue weighted by molar-refractivity contribution is -0.0724. The van der Waals surface area contributed by atoms with E-state index in [0.29, 0.717) is 0 Å². The van der Waals surface area contributed by atoms with E-state index in [4.69, 9.17) is 4.74 Å². The maximum absolute atomic E-state index is 5.71. The Hall–Kier alpha value is -1.00. The maximum Gasteiger partial charge on any atom is 0.115 e. The van der Waals surface area contributed by atoms with Gasteiger partial charge in [-0.2, -0.15) is 0 Å². The average Bonchev–Trinajstić information content (AvgIpc) is 2.18. The summed E-state index contributed by atoms with van der Waals surface area (Å²) in [4.78, 5) is 8.04. The van der Waals surface area contributed by atoms with Crippen LogP contribution in [0.15, 0.2) is 18.7 Å². The fraction of sp³-hybridized carbons (Fsp3) is 0.600. The second-order valence-corrected chi connectivity index (χ2v) is 4.01. The van der Waals surface area contributed by atoms with E-state index in [-0.39, 0.29) is 11.6 Å². The van der Waals surface area contributed by atoms with Gasteiger partial charge in [0, 0.05) is 24.5 Å². The van der Waals surface area contributed by atoms with E-state index in [0.717, 1.165) is 18.7 Å². The van der Waals surface area contributed by atoms with Crippen molar-refractivity contribution in [3.05, 3.63) is 24.3 Å². The van der Waals surface area contributed by atoms with Crippen LogP contribution in [0.1, 0.15) is 25.5 Å². The van der Waals surface area contributed by atoms with Crippen LogP contribution in [0.3, 0.4) is 0 Å². The predicted molar refractivity (Wildman–Crippen MR) is 52.8 cm³/mol. The molecule has 0 aromatic carbocycles. The highest BCUT2D eigenvalue weighted by atomic mass is 16.5. The third kappa shape index (κ3) is 1.76. The monoisotopic (exact) mass is 193 g/mol. The van der Waals surface area contributed by atoms with Crippen LogP contribution in [0.4, 0.5) is 0 Å². The quantitative estimate of drug-likeness (QED) is 0.720. The van der Waals surface area contributed by atoms with Crippen LogP contribution in [0.5, 0.6) is 0 Å². The van der Waals surface area contributed by atoms with Gasteiger partial charge in [0.15, 0.2) is 0 Å². The van der Waals surface area contributed by atoms with Crippen LogP contribution >= 0.6 is 0 Å². The molecule has 0 amide bonds. The van der Waals surface area contributed by atoms with E-state index in [2.05, 4.69) is 29.1 Å². The summed E-state index contributed by atoms with van der Waals surface area (Å²) in [6.45, 7) is 5.80. The molecule has 4 heteroatoms. The summed E-state index contributed by atoms with van der Waals surface area (Å²) in [7, 11) is 0. The first-order valence-electron chi connectivity index (χ1n) is 4.82. The SMILES string of the molecule is CC1(C)OCCNC1c1cncnc1. The van der Waals surface area contributed by atoms with Gasteiger partial charge >= 0.3 is 0 Å². The fourth-order valence-corrected chi connectivity index (χ4v) is 1.83. The minimum absolute atomic E-state index is 0.178. The zero-order valence-electron chi connectivity index (χ0n) is 8.53. The van der Waals surface area contributed by atoms with Gasteiger partial charge in [0.05, 0.1) is 18.2 Å². The summed E-state index contributed by atoms with van der Waals surface area (Å²) >= 11 is 0. The number of nitrogens with zero attached hydrogens (tertiary/aromatic N) is 2. The molecule has 1 N–H and O–H groups in total. The second-order valence-electron chi connectivity index (χ2n) is 4.01. The first kappa shape index (κ1) is 9.55. The molecule has 0 saturated carbocycles. The van der Waals surface area contributed by atoms with Gasteiger partial charge in [0.2, 0.25) is 0 Å². The van der Waals surface area contributed by atoms with Crippen LogP contribution in [0.25, 0.3) is 0 Å². The van der Waals surface area contributed by atoms with Crippen molar-refractivity contribution in [1.82, 2.24) is 15.3 Å². The smallest absolute Gasteiger partial charge is 0.115 e. The molecular weight excluding hydrogens is 178 g/mol. The lowest BCUT2D eigenvalue weighted by Crippen LogP contribution is -2.48. The highest BCUT2D eigenvalue weighted by Gasteiger charge is 2.34. The molecule has 2 rings (SSSR count). The van der Waals surface area contributed by atoms with Crippen LogP contribution in [-0.4, -0.2) is 28.7 Å². The number of rotatable bonds is 1. The molecule has 1 unspecified atom stereocenters. The summed E-state index contributed by atoms with van der Waals surface area (Å²) in [6.07, 6.45) is 5.21. The van der Waals surface area contributed by atoms with Crippen molar-refractivity contribution in [2.45, 2.75) is 25.5 Å². The first-order chi connectivity index (χ1) is 6.70. The van der Waals surface area contributed by atoms with E-state index in [1.807, 2.05) is 12.4 Å².